The lowest BCUT2D eigenvalue weighted by Gasteiger charge is -2.16. The number of hydrogen-bond acceptors (Lipinski definition) is 4. The Labute approximate surface area is 90.1 Å². The standard InChI is InChI=1S/C10H19N5/c1-12-10-14-13-9(15(10)2)8-5-3-4-7(8)6-11/h7-8H,3-6,11H2,1-2H3,(H,12,14). The lowest BCUT2D eigenvalue weighted by molar-refractivity contribution is 0.466. The van der Waals surface area contributed by atoms with E-state index in [1.165, 1.54) is 19.3 Å². The van der Waals surface area contributed by atoms with Gasteiger partial charge in [-0.2, -0.15) is 0 Å². The quantitative estimate of drug-likeness (QED) is 0.769. The molecule has 0 radical (unpaired) electrons. The summed E-state index contributed by atoms with van der Waals surface area (Å²) in [6.45, 7) is 0.756. The number of aromatic nitrogens is 3. The highest BCUT2D eigenvalue weighted by Crippen LogP contribution is 2.38. The molecule has 0 bridgehead atoms. The van der Waals surface area contributed by atoms with Crippen molar-refractivity contribution in [2.75, 3.05) is 18.9 Å². The van der Waals surface area contributed by atoms with Gasteiger partial charge >= 0.3 is 0 Å². The summed E-state index contributed by atoms with van der Waals surface area (Å²) in [5.41, 5.74) is 5.78. The molecule has 1 saturated carbocycles. The molecule has 1 aromatic heterocycles. The number of rotatable bonds is 3. The van der Waals surface area contributed by atoms with Crippen molar-refractivity contribution in [1.82, 2.24) is 14.8 Å². The van der Waals surface area contributed by atoms with Crippen LogP contribution >= 0.6 is 0 Å². The van der Waals surface area contributed by atoms with Crippen molar-refractivity contribution in [3.05, 3.63) is 5.82 Å². The van der Waals surface area contributed by atoms with E-state index in [9.17, 15) is 0 Å². The zero-order valence-corrected chi connectivity index (χ0v) is 9.40. The summed E-state index contributed by atoms with van der Waals surface area (Å²) >= 11 is 0. The Morgan fingerprint density at radius 2 is 2.27 bits per heavy atom. The molecule has 15 heavy (non-hydrogen) atoms. The molecule has 0 aliphatic heterocycles. The molecule has 0 amide bonds. The molecule has 5 heteroatoms. The predicted molar refractivity (Wildman–Crippen MR) is 59.7 cm³/mol. The predicted octanol–water partition coefficient (Wildman–Crippen LogP) is 0.699. The Kier molecular flexibility index (Phi) is 2.90. The Hall–Kier alpha value is -1.10. The van der Waals surface area contributed by atoms with Crippen LogP contribution in [0.3, 0.4) is 0 Å². The Morgan fingerprint density at radius 3 is 2.87 bits per heavy atom. The average molecular weight is 209 g/mol. The van der Waals surface area contributed by atoms with E-state index >= 15 is 0 Å². The summed E-state index contributed by atoms with van der Waals surface area (Å²) in [7, 11) is 3.87. The molecule has 1 aromatic rings. The molecule has 2 rings (SSSR count). The molecule has 0 aromatic carbocycles. The van der Waals surface area contributed by atoms with Gasteiger partial charge < -0.3 is 15.6 Å². The number of nitrogens with one attached hydrogen (secondary N) is 1. The first-order chi connectivity index (χ1) is 7.27. The van der Waals surface area contributed by atoms with Crippen LogP contribution in [-0.4, -0.2) is 28.4 Å². The molecule has 3 N–H and O–H groups in total. The van der Waals surface area contributed by atoms with Gasteiger partial charge in [-0.15, -0.1) is 10.2 Å². The van der Waals surface area contributed by atoms with E-state index in [1.807, 2.05) is 18.7 Å². The van der Waals surface area contributed by atoms with Crippen LogP contribution in [0.2, 0.25) is 0 Å². The lowest BCUT2D eigenvalue weighted by Crippen LogP contribution is -2.19. The SMILES string of the molecule is CNc1nnc(C2CCCC2CN)n1C. The van der Waals surface area contributed by atoms with Crippen molar-refractivity contribution in [3.8, 4) is 0 Å². The molecule has 1 fully saturated rings. The third-order valence-corrected chi connectivity index (χ3v) is 3.43. The van der Waals surface area contributed by atoms with Gasteiger partial charge in [0.15, 0.2) is 0 Å². The average Bonchev–Trinajstić information content (AvgIpc) is 2.83. The van der Waals surface area contributed by atoms with Crippen molar-refractivity contribution in [1.29, 1.82) is 0 Å². The highest BCUT2D eigenvalue weighted by atomic mass is 15.3. The molecular formula is C10H19N5. The highest BCUT2D eigenvalue weighted by Gasteiger charge is 2.31. The summed E-state index contributed by atoms with van der Waals surface area (Å²) in [5.74, 6) is 2.98. The van der Waals surface area contributed by atoms with Crippen LogP contribution in [0.1, 0.15) is 31.0 Å². The van der Waals surface area contributed by atoms with E-state index in [4.69, 9.17) is 5.73 Å². The zero-order valence-electron chi connectivity index (χ0n) is 9.40. The van der Waals surface area contributed by atoms with Crippen LogP contribution in [0, 0.1) is 5.92 Å². The third-order valence-electron chi connectivity index (χ3n) is 3.43. The molecule has 84 valence electrons. The Balaban J connectivity index is 2.24. The minimum absolute atomic E-state index is 0.495. The first kappa shape index (κ1) is 10.4. The van der Waals surface area contributed by atoms with E-state index in [0.717, 1.165) is 18.3 Å². The van der Waals surface area contributed by atoms with Gasteiger partial charge in [0.25, 0.3) is 0 Å². The fraction of sp³-hybridized carbons (Fsp3) is 0.800. The van der Waals surface area contributed by atoms with Crippen LogP contribution in [0.5, 0.6) is 0 Å². The first-order valence-electron chi connectivity index (χ1n) is 5.55. The van der Waals surface area contributed by atoms with Crippen LogP contribution in [0.4, 0.5) is 5.95 Å². The van der Waals surface area contributed by atoms with Crippen LogP contribution in [-0.2, 0) is 7.05 Å². The van der Waals surface area contributed by atoms with Crippen molar-refractivity contribution in [2.45, 2.75) is 25.2 Å². The van der Waals surface area contributed by atoms with Crippen molar-refractivity contribution in [3.63, 3.8) is 0 Å². The Morgan fingerprint density at radius 1 is 1.47 bits per heavy atom. The zero-order chi connectivity index (χ0) is 10.8. The van der Waals surface area contributed by atoms with Crippen molar-refractivity contribution >= 4 is 5.95 Å². The topological polar surface area (TPSA) is 68.8 Å². The van der Waals surface area contributed by atoms with Crippen molar-refractivity contribution < 1.29 is 0 Å². The summed E-state index contributed by atoms with van der Waals surface area (Å²) in [6, 6.07) is 0. The van der Waals surface area contributed by atoms with Gasteiger partial charge in [0.05, 0.1) is 0 Å². The third kappa shape index (κ3) is 1.71. The Bertz CT molecular complexity index is 333. The van der Waals surface area contributed by atoms with E-state index < -0.39 is 0 Å². The molecule has 1 heterocycles. The fourth-order valence-electron chi connectivity index (χ4n) is 2.54. The van der Waals surface area contributed by atoms with Crippen molar-refractivity contribution in [2.24, 2.45) is 18.7 Å². The van der Waals surface area contributed by atoms with Gasteiger partial charge in [-0.3, -0.25) is 0 Å². The van der Waals surface area contributed by atoms with E-state index in [-0.39, 0.29) is 0 Å². The van der Waals surface area contributed by atoms with Gasteiger partial charge in [0.2, 0.25) is 5.95 Å². The van der Waals surface area contributed by atoms with Gasteiger partial charge in [0.1, 0.15) is 5.82 Å². The van der Waals surface area contributed by atoms with Gasteiger partial charge in [0, 0.05) is 20.0 Å². The highest BCUT2D eigenvalue weighted by molar-refractivity contribution is 5.25. The number of nitrogens with zero attached hydrogens (tertiary/aromatic N) is 3. The second-order valence-corrected chi connectivity index (χ2v) is 4.22. The van der Waals surface area contributed by atoms with Crippen LogP contribution in [0.25, 0.3) is 0 Å². The van der Waals surface area contributed by atoms with E-state index in [1.54, 1.807) is 0 Å². The smallest absolute Gasteiger partial charge is 0.224 e. The summed E-state index contributed by atoms with van der Waals surface area (Å²) in [5, 5.41) is 11.4. The minimum atomic E-state index is 0.495. The second kappa shape index (κ2) is 4.18. The maximum absolute atomic E-state index is 5.78. The summed E-state index contributed by atoms with van der Waals surface area (Å²) in [4.78, 5) is 0. The first-order valence-corrected chi connectivity index (χ1v) is 5.55. The molecule has 0 saturated heterocycles. The number of nitrogens with two attached hydrogens (primary N) is 1. The van der Waals surface area contributed by atoms with Crippen LogP contribution < -0.4 is 11.1 Å². The van der Waals surface area contributed by atoms with Gasteiger partial charge in [-0.25, -0.2) is 0 Å². The summed E-state index contributed by atoms with van der Waals surface area (Å²) < 4.78 is 2.04. The molecule has 1 aliphatic carbocycles. The maximum atomic E-state index is 5.78. The maximum Gasteiger partial charge on any atom is 0.224 e. The number of anilines is 1. The van der Waals surface area contributed by atoms with Gasteiger partial charge in [-0.05, 0) is 25.3 Å². The lowest BCUT2D eigenvalue weighted by atomic mass is 9.95. The summed E-state index contributed by atoms with van der Waals surface area (Å²) in [6.07, 6.45) is 3.68. The minimum Gasteiger partial charge on any atom is -0.357 e. The number of hydrogen-bond donors (Lipinski definition) is 2. The molecule has 5 nitrogen and oxygen atoms in total. The van der Waals surface area contributed by atoms with Crippen LogP contribution in [0.15, 0.2) is 0 Å². The normalized spacial score (nSPS) is 25.8. The largest absolute Gasteiger partial charge is 0.357 e. The molecule has 2 unspecified atom stereocenters. The molecule has 2 atom stereocenters. The second-order valence-electron chi connectivity index (χ2n) is 4.22. The molecule has 0 spiro atoms. The monoisotopic (exact) mass is 209 g/mol. The van der Waals surface area contributed by atoms with Gasteiger partial charge in [-0.1, -0.05) is 6.42 Å². The van der Waals surface area contributed by atoms with E-state index in [2.05, 4.69) is 15.5 Å². The molecular weight excluding hydrogens is 190 g/mol. The molecule has 1 aliphatic rings. The fourth-order valence-corrected chi connectivity index (χ4v) is 2.54. The van der Waals surface area contributed by atoms with E-state index in [0.29, 0.717) is 11.8 Å².